The summed E-state index contributed by atoms with van der Waals surface area (Å²) < 4.78 is 6.65. The van der Waals surface area contributed by atoms with E-state index in [1.807, 2.05) is 18.3 Å². The van der Waals surface area contributed by atoms with Gasteiger partial charge in [0.1, 0.15) is 29.7 Å². The van der Waals surface area contributed by atoms with E-state index < -0.39 is 5.41 Å². The summed E-state index contributed by atoms with van der Waals surface area (Å²) >= 11 is 0. The lowest BCUT2D eigenvalue weighted by atomic mass is 9.66. The summed E-state index contributed by atoms with van der Waals surface area (Å²) in [4.78, 5) is 10.1. The van der Waals surface area contributed by atoms with Gasteiger partial charge in [-0.3, -0.25) is 10.3 Å². The minimum Gasteiger partial charge on any atom is -0.457 e. The second-order valence-electron chi connectivity index (χ2n) is 15.8. The van der Waals surface area contributed by atoms with Gasteiger partial charge in [0, 0.05) is 33.8 Å². The van der Waals surface area contributed by atoms with Crippen molar-refractivity contribution in [3.8, 4) is 44.9 Å². The van der Waals surface area contributed by atoms with Crippen molar-refractivity contribution in [1.82, 2.24) is 15.6 Å². The number of fused-ring (bicyclic) bond motifs is 10. The number of nitrogens with zero attached hydrogens (tertiary/aromatic N) is 2. The van der Waals surface area contributed by atoms with E-state index in [0.717, 1.165) is 78.3 Å². The molecule has 0 amide bonds. The van der Waals surface area contributed by atoms with E-state index in [4.69, 9.17) is 14.7 Å². The SMILES string of the molecule is c1ccc(C2=NC(c3ccc4c(c3)-c3cc(-c5ccc(-c6cccc7cccnc67)cc5)ccc3C43c4ccccc4Oc4ccccc43)NC(c3ccccc3)N2)cc1. The Labute approximate surface area is 348 Å². The number of pyridine rings is 1. The molecule has 9 aromatic rings. The fourth-order valence-corrected chi connectivity index (χ4v) is 9.74. The summed E-state index contributed by atoms with van der Waals surface area (Å²) in [5, 5.41) is 8.68. The number of amidine groups is 1. The third-order valence-corrected chi connectivity index (χ3v) is 12.5. The smallest absolute Gasteiger partial charge is 0.132 e. The van der Waals surface area contributed by atoms with Gasteiger partial charge < -0.3 is 10.1 Å². The van der Waals surface area contributed by atoms with E-state index >= 15 is 0 Å². The fraction of sp³-hybridized carbons (Fsp3) is 0.0545. The number of ether oxygens (including phenoxy) is 1. The first-order valence-corrected chi connectivity index (χ1v) is 20.5. The predicted octanol–water partition coefficient (Wildman–Crippen LogP) is 12.4. The van der Waals surface area contributed by atoms with Crippen molar-refractivity contribution in [1.29, 1.82) is 0 Å². The molecular formula is C55H38N4O. The van der Waals surface area contributed by atoms with Gasteiger partial charge in [-0.25, -0.2) is 4.99 Å². The zero-order valence-corrected chi connectivity index (χ0v) is 32.6. The van der Waals surface area contributed by atoms with Crippen LogP contribution in [-0.4, -0.2) is 10.8 Å². The zero-order chi connectivity index (χ0) is 39.6. The third-order valence-electron chi connectivity index (χ3n) is 12.5. The molecule has 1 aliphatic carbocycles. The molecule has 0 fully saturated rings. The van der Waals surface area contributed by atoms with Crippen molar-refractivity contribution < 1.29 is 4.74 Å². The van der Waals surface area contributed by atoms with Crippen LogP contribution in [0.2, 0.25) is 0 Å². The first-order valence-electron chi connectivity index (χ1n) is 20.5. The molecule has 3 aliphatic rings. The third kappa shape index (κ3) is 5.37. The normalized spacial score (nSPS) is 16.8. The highest BCUT2D eigenvalue weighted by atomic mass is 16.5. The molecule has 0 bridgehead atoms. The Morgan fingerprint density at radius 3 is 1.85 bits per heavy atom. The monoisotopic (exact) mass is 770 g/mol. The molecule has 12 rings (SSSR count). The van der Waals surface area contributed by atoms with Gasteiger partial charge in [0.15, 0.2) is 0 Å². The maximum absolute atomic E-state index is 6.65. The molecule has 0 saturated carbocycles. The van der Waals surface area contributed by atoms with Gasteiger partial charge in [0.25, 0.3) is 0 Å². The van der Waals surface area contributed by atoms with Crippen LogP contribution in [0.1, 0.15) is 51.3 Å². The lowest BCUT2D eigenvalue weighted by Crippen LogP contribution is -2.44. The summed E-state index contributed by atoms with van der Waals surface area (Å²) in [5.41, 5.74) is 15.5. The maximum atomic E-state index is 6.65. The van der Waals surface area contributed by atoms with E-state index in [1.165, 1.54) is 22.3 Å². The van der Waals surface area contributed by atoms with E-state index in [-0.39, 0.29) is 12.3 Å². The highest BCUT2D eigenvalue weighted by molar-refractivity contribution is 6.00. The summed E-state index contributed by atoms with van der Waals surface area (Å²) in [7, 11) is 0. The van der Waals surface area contributed by atoms with E-state index in [1.54, 1.807) is 0 Å². The number of para-hydroxylation sites is 3. The number of benzene rings is 8. The van der Waals surface area contributed by atoms with Crippen LogP contribution in [0.3, 0.4) is 0 Å². The minimum atomic E-state index is -0.578. The molecule has 2 aliphatic heterocycles. The summed E-state index contributed by atoms with van der Waals surface area (Å²) in [6.45, 7) is 0. The van der Waals surface area contributed by atoms with Crippen LogP contribution in [0.25, 0.3) is 44.3 Å². The van der Waals surface area contributed by atoms with Crippen LogP contribution in [-0.2, 0) is 5.41 Å². The molecule has 0 saturated heterocycles. The first kappa shape index (κ1) is 34.4. The molecule has 2 N–H and O–H groups in total. The zero-order valence-electron chi connectivity index (χ0n) is 32.6. The first-order chi connectivity index (χ1) is 29.7. The number of hydrogen-bond acceptors (Lipinski definition) is 5. The Morgan fingerprint density at radius 2 is 1.08 bits per heavy atom. The topological polar surface area (TPSA) is 58.5 Å². The molecule has 2 unspecified atom stereocenters. The van der Waals surface area contributed by atoms with Crippen molar-refractivity contribution in [3.63, 3.8) is 0 Å². The van der Waals surface area contributed by atoms with Crippen LogP contribution in [0, 0.1) is 0 Å². The molecule has 3 heterocycles. The number of aliphatic imine (C=N–C) groups is 1. The highest BCUT2D eigenvalue weighted by Gasteiger charge is 2.51. The second-order valence-corrected chi connectivity index (χ2v) is 15.8. The lowest BCUT2D eigenvalue weighted by Gasteiger charge is -2.39. The van der Waals surface area contributed by atoms with Crippen LogP contribution in [0.4, 0.5) is 0 Å². The minimum absolute atomic E-state index is 0.135. The van der Waals surface area contributed by atoms with Crippen molar-refractivity contribution in [2.75, 3.05) is 0 Å². The van der Waals surface area contributed by atoms with Gasteiger partial charge in [0.05, 0.1) is 10.9 Å². The van der Waals surface area contributed by atoms with Gasteiger partial charge >= 0.3 is 0 Å². The molecule has 60 heavy (non-hydrogen) atoms. The molecule has 1 aromatic heterocycles. The van der Waals surface area contributed by atoms with Gasteiger partial charge in [0.2, 0.25) is 0 Å². The number of rotatable bonds is 5. The van der Waals surface area contributed by atoms with Crippen LogP contribution in [0.15, 0.2) is 211 Å². The average molecular weight is 771 g/mol. The molecular weight excluding hydrogens is 733 g/mol. The Morgan fingerprint density at radius 1 is 0.450 bits per heavy atom. The second kappa shape index (κ2) is 13.8. The van der Waals surface area contributed by atoms with Gasteiger partial charge in [-0.05, 0) is 80.4 Å². The fourth-order valence-electron chi connectivity index (χ4n) is 9.74. The molecule has 8 aromatic carbocycles. The predicted molar refractivity (Wildman–Crippen MR) is 241 cm³/mol. The van der Waals surface area contributed by atoms with Gasteiger partial charge in [-0.1, -0.05) is 170 Å². The molecule has 2 atom stereocenters. The molecule has 1 spiro atoms. The van der Waals surface area contributed by atoms with Crippen molar-refractivity contribution >= 4 is 16.7 Å². The van der Waals surface area contributed by atoms with Gasteiger partial charge in [-0.15, -0.1) is 0 Å². The van der Waals surface area contributed by atoms with Crippen LogP contribution >= 0.6 is 0 Å². The summed E-state index contributed by atoms with van der Waals surface area (Å²) in [6, 6.07) is 71.5. The number of nitrogens with one attached hydrogen (secondary N) is 2. The van der Waals surface area contributed by atoms with Crippen molar-refractivity contribution in [3.05, 3.63) is 245 Å². The average Bonchev–Trinajstić information content (AvgIpc) is 3.61. The highest BCUT2D eigenvalue weighted by Crippen LogP contribution is 2.62. The Hall–Kier alpha value is -7.60. The van der Waals surface area contributed by atoms with Crippen LogP contribution in [0.5, 0.6) is 11.5 Å². The standard InChI is InChI=1S/C55H38N4O/c1-3-13-38(14-4-1)52-57-53(39-15-5-2-6-16-39)59-54(58-52)41-29-31-46-44(34-41)43-33-40(35-24-26-36(27-25-35)42-19-11-17-37-18-12-32-56-51(37)42)28-30-45(43)55(46)47-20-7-9-22-49(47)60-50-23-10-8-21-48(50)55/h1-34,52,54,58H,(H,57,59). The Bertz CT molecular complexity index is 3090. The molecule has 284 valence electrons. The Balaban J connectivity index is 1.03. The largest absolute Gasteiger partial charge is 0.457 e. The molecule has 0 radical (unpaired) electrons. The van der Waals surface area contributed by atoms with Gasteiger partial charge in [-0.2, -0.15) is 0 Å². The quantitative estimate of drug-likeness (QED) is 0.183. The summed E-state index contributed by atoms with van der Waals surface area (Å²) in [5.74, 6) is 2.62. The van der Waals surface area contributed by atoms with Crippen molar-refractivity contribution in [2.24, 2.45) is 4.99 Å². The van der Waals surface area contributed by atoms with E-state index in [2.05, 4.69) is 199 Å². The number of hydrogen-bond donors (Lipinski definition) is 2. The van der Waals surface area contributed by atoms with E-state index in [9.17, 15) is 0 Å². The maximum Gasteiger partial charge on any atom is 0.132 e. The number of aromatic nitrogens is 1. The Kier molecular flexibility index (Phi) is 7.90. The van der Waals surface area contributed by atoms with E-state index in [0.29, 0.717) is 0 Å². The van der Waals surface area contributed by atoms with Crippen LogP contribution < -0.4 is 15.4 Å². The molecule has 5 nitrogen and oxygen atoms in total. The summed E-state index contributed by atoms with van der Waals surface area (Å²) in [6.07, 6.45) is 1.43. The van der Waals surface area contributed by atoms with Crippen molar-refractivity contribution in [2.45, 2.75) is 17.7 Å². The lowest BCUT2D eigenvalue weighted by molar-refractivity contribution is 0.409. The molecule has 5 heteroatoms.